The number of hydrogen-bond acceptors (Lipinski definition) is 3. The van der Waals surface area contributed by atoms with Crippen LogP contribution in [0.4, 0.5) is 30.7 Å². The van der Waals surface area contributed by atoms with E-state index in [1.54, 1.807) is 5.32 Å². The first-order chi connectivity index (χ1) is 10.9. The highest BCUT2D eigenvalue weighted by Crippen LogP contribution is 2.51. The van der Waals surface area contributed by atoms with Crippen LogP contribution in [0.25, 0.3) is 0 Å². The minimum Gasteiger partial charge on any atom is -0.366 e. The smallest absolute Gasteiger partial charge is 0.366 e. The van der Waals surface area contributed by atoms with Gasteiger partial charge in [0.2, 0.25) is 0 Å². The summed E-state index contributed by atoms with van der Waals surface area (Å²) in [6.07, 6.45) is -9.93. The zero-order valence-corrected chi connectivity index (χ0v) is 15.5. The van der Waals surface area contributed by atoms with Crippen LogP contribution in [0.3, 0.4) is 0 Å². The van der Waals surface area contributed by atoms with Gasteiger partial charge in [-0.2, -0.15) is 26.3 Å². The molecule has 2 unspecified atom stereocenters. The molecule has 0 aliphatic carbocycles. The molecule has 0 spiro atoms. The number of alkyl halides is 8. The van der Waals surface area contributed by atoms with Crippen molar-refractivity contribution >= 4 is 25.8 Å². The van der Waals surface area contributed by atoms with Crippen molar-refractivity contribution < 1.29 is 39.2 Å². The number of nitrogens with one attached hydrogen (secondary N) is 1. The number of hydrogen-bond donors (Lipinski definition) is 1. The van der Waals surface area contributed by atoms with Gasteiger partial charge in [0.1, 0.15) is 4.45 Å². The molecule has 3 nitrogen and oxygen atoms in total. The Morgan fingerprint density at radius 2 is 1.64 bits per heavy atom. The van der Waals surface area contributed by atoms with E-state index >= 15 is 0 Å². The minimum absolute atomic E-state index is 0.292. The van der Waals surface area contributed by atoms with E-state index in [1.165, 1.54) is 6.92 Å². The fourth-order valence-electron chi connectivity index (χ4n) is 2.16. The van der Waals surface area contributed by atoms with Crippen molar-refractivity contribution in [3.63, 3.8) is 0 Å². The molecule has 1 radical (unpaired) electrons. The van der Waals surface area contributed by atoms with E-state index in [1.807, 2.05) is 0 Å². The summed E-state index contributed by atoms with van der Waals surface area (Å²) in [4.78, 5) is 0. The van der Waals surface area contributed by atoms with E-state index in [9.17, 15) is 39.2 Å². The number of dihydropyridines is 1. The molecule has 0 saturated heterocycles. The zero-order valence-electron chi connectivity index (χ0n) is 13.1. The van der Waals surface area contributed by atoms with Crippen LogP contribution in [0.5, 0.6) is 0 Å². The molecule has 12 heteroatoms. The zero-order chi connectivity index (χ0) is 20.1. The largest absolute Gasteiger partial charge is 0.437 e. The summed E-state index contributed by atoms with van der Waals surface area (Å²) in [7, 11) is -3.92. The Morgan fingerprint density at radius 3 is 2.00 bits per heavy atom. The maximum Gasteiger partial charge on any atom is 0.437 e. The van der Waals surface area contributed by atoms with Crippen molar-refractivity contribution in [1.29, 1.82) is 0 Å². The van der Waals surface area contributed by atoms with Crippen molar-refractivity contribution in [2.75, 3.05) is 5.75 Å². The fraction of sp³-hybridized carbons (Fsp3) is 0.692. The third-order valence-corrected chi connectivity index (χ3v) is 7.33. The van der Waals surface area contributed by atoms with Crippen molar-refractivity contribution in [3.05, 3.63) is 23.4 Å². The summed E-state index contributed by atoms with van der Waals surface area (Å²) < 4.78 is 114. The third-order valence-electron chi connectivity index (χ3n) is 3.71. The van der Waals surface area contributed by atoms with Crippen LogP contribution in [-0.4, -0.2) is 41.9 Å². The third kappa shape index (κ3) is 3.83. The van der Waals surface area contributed by atoms with Gasteiger partial charge < -0.3 is 5.32 Å². The van der Waals surface area contributed by atoms with Gasteiger partial charge in [-0.1, -0.05) is 22.9 Å². The fourth-order valence-corrected chi connectivity index (χ4v) is 4.65. The van der Waals surface area contributed by atoms with Crippen LogP contribution in [-0.2, 0) is 9.84 Å². The summed E-state index contributed by atoms with van der Waals surface area (Å²) in [5.74, 6) is -0.428. The van der Waals surface area contributed by atoms with Crippen molar-refractivity contribution in [2.45, 2.75) is 48.5 Å². The van der Waals surface area contributed by atoms with Crippen molar-refractivity contribution in [2.24, 2.45) is 0 Å². The first-order valence-corrected chi connectivity index (χ1v) is 9.28. The number of allylic oxidation sites excluding steroid dienone is 3. The number of rotatable bonds is 4. The molecule has 0 amide bonds. The van der Waals surface area contributed by atoms with Crippen LogP contribution < -0.4 is 5.32 Å². The second kappa shape index (κ2) is 6.43. The lowest BCUT2D eigenvalue weighted by molar-refractivity contribution is -0.328. The van der Waals surface area contributed by atoms with E-state index in [4.69, 9.17) is 0 Å². The Labute approximate surface area is 148 Å². The van der Waals surface area contributed by atoms with Crippen molar-refractivity contribution in [1.82, 2.24) is 5.32 Å². The van der Waals surface area contributed by atoms with Gasteiger partial charge in [0, 0.05) is 5.75 Å². The van der Waals surface area contributed by atoms with Crippen LogP contribution in [0.15, 0.2) is 17.3 Å². The second-order valence-corrected chi connectivity index (χ2v) is 9.31. The number of halogens is 8. The normalized spacial score (nSPS) is 24.3. The van der Waals surface area contributed by atoms with Crippen LogP contribution in [0, 0.1) is 6.08 Å². The van der Waals surface area contributed by atoms with Crippen LogP contribution in [0.1, 0.15) is 20.8 Å². The molecule has 1 aliphatic heterocycles. The Bertz CT molecular complexity index is 682. The molecule has 0 bridgehead atoms. The quantitative estimate of drug-likeness (QED) is 0.392. The molecule has 1 N–H and O–H groups in total. The van der Waals surface area contributed by atoms with E-state index < -0.39 is 49.0 Å². The van der Waals surface area contributed by atoms with Gasteiger partial charge in [-0.15, -0.1) is 0 Å². The first kappa shape index (κ1) is 22.3. The lowest BCUT2D eigenvalue weighted by atomic mass is 9.93. The SMILES string of the molecule is CCS(=O)(=O)C(C)C1(Br)[C]=C(C)C=C(C(F)(C(F)(F)F)C(F)(F)F)N1. The molecule has 2 atom stereocenters. The molecule has 0 aromatic carbocycles. The predicted octanol–water partition coefficient (Wildman–Crippen LogP) is 3.97. The number of sulfone groups is 1. The monoisotopic (exact) mass is 460 g/mol. The highest BCUT2D eigenvalue weighted by molar-refractivity contribution is 9.10. The Balaban J connectivity index is 3.54. The van der Waals surface area contributed by atoms with Gasteiger partial charge in [0.25, 0.3) is 0 Å². The van der Waals surface area contributed by atoms with Gasteiger partial charge in [0.05, 0.1) is 10.9 Å². The maximum atomic E-state index is 14.3. The summed E-state index contributed by atoms with van der Waals surface area (Å²) in [5.41, 5.74) is -7.85. The Hall–Kier alpha value is -0.780. The maximum absolute atomic E-state index is 14.3. The van der Waals surface area contributed by atoms with Crippen molar-refractivity contribution in [3.8, 4) is 0 Å². The molecular formula is C13H14BrF7NO2S. The van der Waals surface area contributed by atoms with E-state index in [0.717, 1.165) is 13.8 Å². The average molecular weight is 461 g/mol. The van der Waals surface area contributed by atoms with E-state index in [2.05, 4.69) is 22.0 Å². The standard InChI is InChI=1S/C13H14BrF7NO2S/c1-4-25(23,24)8(3)10(14)6-7(2)5-9(22-10)11(15,12(16,17)18)13(19,20)21/h5,8,22H,4H2,1-3H3. The van der Waals surface area contributed by atoms with Gasteiger partial charge in [-0.05, 0) is 31.6 Å². The van der Waals surface area contributed by atoms with E-state index in [0.29, 0.717) is 6.08 Å². The summed E-state index contributed by atoms with van der Waals surface area (Å²) >= 11 is 2.78. The molecule has 1 heterocycles. The van der Waals surface area contributed by atoms with E-state index in [-0.39, 0.29) is 5.57 Å². The van der Waals surface area contributed by atoms with Crippen LogP contribution in [0.2, 0.25) is 0 Å². The topological polar surface area (TPSA) is 46.2 Å². The van der Waals surface area contributed by atoms with Gasteiger partial charge in [-0.3, -0.25) is 0 Å². The molecule has 0 fully saturated rings. The molecule has 1 rings (SSSR count). The summed E-state index contributed by atoms with van der Waals surface area (Å²) in [6, 6.07) is 0. The van der Waals surface area contributed by atoms with Gasteiger partial charge in [0.15, 0.2) is 9.84 Å². The minimum atomic E-state index is -6.32. The first-order valence-electron chi connectivity index (χ1n) is 6.77. The molecular weight excluding hydrogens is 447 g/mol. The van der Waals surface area contributed by atoms with Gasteiger partial charge in [-0.25, -0.2) is 12.8 Å². The summed E-state index contributed by atoms with van der Waals surface area (Å²) in [5, 5.41) is 0.173. The molecule has 1 aliphatic rings. The molecule has 0 aromatic heterocycles. The van der Waals surface area contributed by atoms with Crippen LogP contribution >= 0.6 is 15.9 Å². The average Bonchev–Trinajstić information content (AvgIpc) is 2.42. The lowest BCUT2D eigenvalue weighted by Crippen LogP contribution is -2.62. The highest BCUT2D eigenvalue weighted by Gasteiger charge is 2.75. The lowest BCUT2D eigenvalue weighted by Gasteiger charge is -2.41. The molecule has 0 saturated carbocycles. The Morgan fingerprint density at radius 1 is 1.20 bits per heavy atom. The molecule has 0 aromatic rings. The highest BCUT2D eigenvalue weighted by atomic mass is 79.9. The summed E-state index contributed by atoms with van der Waals surface area (Å²) in [6.45, 7) is 3.39. The molecule has 145 valence electrons. The predicted molar refractivity (Wildman–Crippen MR) is 80.2 cm³/mol. The second-order valence-electron chi connectivity index (χ2n) is 5.45. The Kier molecular flexibility index (Phi) is 5.73. The molecule has 25 heavy (non-hydrogen) atoms. The van der Waals surface area contributed by atoms with Gasteiger partial charge >= 0.3 is 18.0 Å².